The van der Waals surface area contributed by atoms with Crippen LogP contribution in [0.25, 0.3) is 0 Å². The molecule has 6 heteroatoms. The molecule has 0 bridgehead atoms. The van der Waals surface area contributed by atoms with Crippen LogP contribution in [0.15, 0.2) is 4.99 Å². The second-order valence-corrected chi connectivity index (χ2v) is 3.59. The van der Waals surface area contributed by atoms with Gasteiger partial charge in [-0.3, -0.25) is 9.79 Å². The number of amidine groups is 1. The Morgan fingerprint density at radius 1 is 1.56 bits per heavy atom. The van der Waals surface area contributed by atoms with Gasteiger partial charge in [-0.2, -0.15) is 0 Å². The Bertz CT molecular complexity index is 270. The van der Waals surface area contributed by atoms with Crippen molar-refractivity contribution in [2.75, 3.05) is 13.2 Å². The molecule has 0 radical (unpaired) electrons. The van der Waals surface area contributed by atoms with Gasteiger partial charge in [0.1, 0.15) is 18.5 Å². The van der Waals surface area contributed by atoms with Crippen molar-refractivity contribution in [3.05, 3.63) is 0 Å². The molecule has 16 heavy (non-hydrogen) atoms. The van der Waals surface area contributed by atoms with Gasteiger partial charge >= 0.3 is 0 Å². The molecule has 1 aliphatic heterocycles. The Balaban J connectivity index is 2.23. The number of halogens is 2. The van der Waals surface area contributed by atoms with Crippen molar-refractivity contribution in [2.45, 2.75) is 38.7 Å². The van der Waals surface area contributed by atoms with Crippen LogP contribution >= 0.6 is 0 Å². The number of aliphatic imine (C=N–C) groups is 1. The lowest BCUT2D eigenvalue weighted by Gasteiger charge is -2.02. The monoisotopic (exact) mass is 234 g/mol. The smallest absolute Gasteiger partial charge is 0.261 e. The molecule has 4 nitrogen and oxygen atoms in total. The molecule has 0 aromatic rings. The van der Waals surface area contributed by atoms with E-state index in [-0.39, 0.29) is 18.6 Å². The van der Waals surface area contributed by atoms with Gasteiger partial charge in [0.05, 0.1) is 6.61 Å². The molecule has 0 spiro atoms. The zero-order chi connectivity index (χ0) is 12.0. The summed E-state index contributed by atoms with van der Waals surface area (Å²) in [5.74, 6) is 0.434. The lowest BCUT2D eigenvalue weighted by atomic mass is 10.2. The summed E-state index contributed by atoms with van der Waals surface area (Å²) < 4.78 is 28.2. The summed E-state index contributed by atoms with van der Waals surface area (Å²) in [6.45, 7) is 1.56. The van der Waals surface area contributed by atoms with Gasteiger partial charge in [-0.15, -0.1) is 0 Å². The number of rotatable bonds is 7. The average Bonchev–Trinajstić information content (AvgIpc) is 2.55. The fourth-order valence-electron chi connectivity index (χ4n) is 1.44. The number of hydrogen-bond donors (Lipinski definition) is 1. The molecule has 1 aliphatic rings. The van der Waals surface area contributed by atoms with E-state index in [1.807, 2.05) is 6.92 Å². The standard InChI is InChI=1S/C10H16F2N2O2/c1-2-3-7-10(15)14-9(13-7)4-5-16-6-8(11)12/h7-8H,2-6H2,1H3,(H,13,14,15). The fourth-order valence-corrected chi connectivity index (χ4v) is 1.44. The second kappa shape index (κ2) is 6.52. The van der Waals surface area contributed by atoms with Gasteiger partial charge < -0.3 is 10.1 Å². The molecule has 1 N–H and O–H groups in total. The van der Waals surface area contributed by atoms with Gasteiger partial charge in [0.25, 0.3) is 6.43 Å². The van der Waals surface area contributed by atoms with Crippen molar-refractivity contribution in [1.29, 1.82) is 0 Å². The summed E-state index contributed by atoms with van der Waals surface area (Å²) in [7, 11) is 0. The predicted molar refractivity (Wildman–Crippen MR) is 55.7 cm³/mol. The lowest BCUT2D eigenvalue weighted by Crippen LogP contribution is -2.29. The number of amides is 1. The number of carbonyl (C=O) groups is 1. The number of nitrogens with zero attached hydrogens (tertiary/aromatic N) is 1. The van der Waals surface area contributed by atoms with Crippen LogP contribution in [-0.2, 0) is 9.53 Å². The first-order valence-corrected chi connectivity index (χ1v) is 5.37. The topological polar surface area (TPSA) is 50.7 Å². The molecule has 0 saturated carbocycles. The molecule has 0 aromatic heterocycles. The third kappa shape index (κ3) is 4.22. The number of hydrogen-bond acceptors (Lipinski definition) is 3. The van der Waals surface area contributed by atoms with E-state index < -0.39 is 13.0 Å². The van der Waals surface area contributed by atoms with E-state index in [0.29, 0.717) is 18.7 Å². The normalized spacial score (nSPS) is 20.1. The SMILES string of the molecule is CCCC1N=C(CCOCC(F)F)NC1=O. The largest absolute Gasteiger partial charge is 0.375 e. The van der Waals surface area contributed by atoms with Crippen LogP contribution < -0.4 is 5.32 Å². The van der Waals surface area contributed by atoms with Crippen LogP contribution in [0.5, 0.6) is 0 Å². The zero-order valence-electron chi connectivity index (χ0n) is 9.21. The van der Waals surface area contributed by atoms with Gasteiger partial charge in [0, 0.05) is 6.42 Å². The molecule has 1 atom stereocenters. The fraction of sp³-hybridized carbons (Fsp3) is 0.800. The molecule has 1 amide bonds. The molecule has 0 fully saturated rings. The molecule has 0 aromatic carbocycles. The van der Waals surface area contributed by atoms with Gasteiger partial charge in [0.2, 0.25) is 5.91 Å². The van der Waals surface area contributed by atoms with Crippen molar-refractivity contribution >= 4 is 11.7 Å². The highest BCUT2D eigenvalue weighted by atomic mass is 19.3. The van der Waals surface area contributed by atoms with E-state index in [2.05, 4.69) is 10.3 Å². The van der Waals surface area contributed by atoms with E-state index in [9.17, 15) is 13.6 Å². The summed E-state index contributed by atoms with van der Waals surface area (Å²) in [5, 5.41) is 2.62. The van der Waals surface area contributed by atoms with Crippen LogP contribution in [0.2, 0.25) is 0 Å². The quantitative estimate of drug-likeness (QED) is 0.676. The van der Waals surface area contributed by atoms with E-state index in [0.717, 1.165) is 6.42 Å². The second-order valence-electron chi connectivity index (χ2n) is 3.59. The van der Waals surface area contributed by atoms with Crippen LogP contribution in [0.4, 0.5) is 8.78 Å². The van der Waals surface area contributed by atoms with Crippen LogP contribution in [0.1, 0.15) is 26.2 Å². The van der Waals surface area contributed by atoms with Crippen molar-refractivity contribution in [3.8, 4) is 0 Å². The molecule has 1 unspecified atom stereocenters. The Hall–Kier alpha value is -1.04. The molecule has 1 heterocycles. The summed E-state index contributed by atoms with van der Waals surface area (Å²) in [5.41, 5.74) is 0. The maximum atomic E-state index is 11.7. The van der Waals surface area contributed by atoms with Gasteiger partial charge in [-0.1, -0.05) is 13.3 Å². The summed E-state index contributed by atoms with van der Waals surface area (Å²) >= 11 is 0. The number of ether oxygens (including phenoxy) is 1. The maximum absolute atomic E-state index is 11.7. The molecular formula is C10H16F2N2O2. The molecule has 92 valence electrons. The molecule has 1 rings (SSSR count). The summed E-state index contributed by atoms with van der Waals surface area (Å²) in [6.07, 6.45) is -0.476. The predicted octanol–water partition coefficient (Wildman–Crippen LogP) is 1.36. The molecule has 0 aliphatic carbocycles. The minimum atomic E-state index is -2.45. The first-order valence-electron chi connectivity index (χ1n) is 5.37. The minimum absolute atomic E-state index is 0.106. The maximum Gasteiger partial charge on any atom is 0.261 e. The van der Waals surface area contributed by atoms with E-state index in [1.54, 1.807) is 0 Å². The molecular weight excluding hydrogens is 218 g/mol. The highest BCUT2D eigenvalue weighted by Crippen LogP contribution is 2.09. The first kappa shape index (κ1) is 13.0. The third-order valence-corrected chi connectivity index (χ3v) is 2.17. The third-order valence-electron chi connectivity index (χ3n) is 2.17. The van der Waals surface area contributed by atoms with Crippen molar-refractivity contribution in [2.24, 2.45) is 4.99 Å². The Labute approximate surface area is 93.1 Å². The Kier molecular flexibility index (Phi) is 5.31. The van der Waals surface area contributed by atoms with Crippen LogP contribution in [0.3, 0.4) is 0 Å². The number of alkyl halides is 2. The van der Waals surface area contributed by atoms with Crippen molar-refractivity contribution in [3.63, 3.8) is 0 Å². The van der Waals surface area contributed by atoms with Gasteiger partial charge in [0.15, 0.2) is 0 Å². The van der Waals surface area contributed by atoms with E-state index in [1.165, 1.54) is 0 Å². The zero-order valence-corrected chi connectivity index (χ0v) is 9.21. The average molecular weight is 234 g/mol. The van der Waals surface area contributed by atoms with E-state index >= 15 is 0 Å². The lowest BCUT2D eigenvalue weighted by molar-refractivity contribution is -0.120. The minimum Gasteiger partial charge on any atom is -0.375 e. The van der Waals surface area contributed by atoms with E-state index in [4.69, 9.17) is 4.74 Å². The van der Waals surface area contributed by atoms with Gasteiger partial charge in [-0.25, -0.2) is 8.78 Å². The highest BCUT2D eigenvalue weighted by Gasteiger charge is 2.24. The van der Waals surface area contributed by atoms with Crippen molar-refractivity contribution < 1.29 is 18.3 Å². The summed E-state index contributed by atoms with van der Waals surface area (Å²) in [6, 6.07) is -0.310. The van der Waals surface area contributed by atoms with Crippen LogP contribution in [0, 0.1) is 0 Å². The van der Waals surface area contributed by atoms with Crippen LogP contribution in [-0.4, -0.2) is 37.4 Å². The first-order chi connectivity index (χ1) is 7.63. The number of nitrogens with one attached hydrogen (secondary N) is 1. The Morgan fingerprint density at radius 3 is 2.94 bits per heavy atom. The molecule has 0 saturated heterocycles. The Morgan fingerprint density at radius 2 is 2.31 bits per heavy atom. The summed E-state index contributed by atoms with van der Waals surface area (Å²) in [4.78, 5) is 15.5. The highest BCUT2D eigenvalue weighted by molar-refractivity contribution is 6.05. The number of carbonyl (C=O) groups excluding carboxylic acids is 1. The van der Waals surface area contributed by atoms with Gasteiger partial charge in [-0.05, 0) is 6.42 Å². The van der Waals surface area contributed by atoms with Crippen molar-refractivity contribution in [1.82, 2.24) is 5.32 Å².